The van der Waals surface area contributed by atoms with Crippen LogP contribution in [0, 0.1) is 0 Å². The van der Waals surface area contributed by atoms with E-state index in [0.717, 1.165) is 0 Å². The number of aliphatic hydroxyl groups excluding tert-OH is 1. The van der Waals surface area contributed by atoms with E-state index in [2.05, 4.69) is 0 Å². The highest BCUT2D eigenvalue weighted by molar-refractivity contribution is 4.88. The predicted octanol–water partition coefficient (Wildman–Crippen LogP) is 3.07. The third-order valence-corrected chi connectivity index (χ3v) is 1.90. The summed E-state index contributed by atoms with van der Waals surface area (Å²) in [6.45, 7) is 1.61. The van der Waals surface area contributed by atoms with Gasteiger partial charge in [0.05, 0.1) is 0 Å². The van der Waals surface area contributed by atoms with E-state index in [-0.39, 0.29) is 6.42 Å². The fraction of sp³-hybridized carbons (Fsp3) is 1.00. The molecule has 0 aliphatic heterocycles. The Morgan fingerprint density at radius 3 is 1.93 bits per heavy atom. The van der Waals surface area contributed by atoms with E-state index in [0.29, 0.717) is 6.42 Å². The van der Waals surface area contributed by atoms with Crippen LogP contribution in [0.1, 0.15) is 26.2 Å². The molecule has 2 atom stereocenters. The zero-order chi connectivity index (χ0) is 12.3. The Balaban J connectivity index is 4.51. The first-order chi connectivity index (χ1) is 6.64. The van der Waals surface area contributed by atoms with Crippen LogP contribution in [0.4, 0.5) is 26.3 Å². The molecule has 0 aliphatic rings. The molecule has 0 aromatic rings. The van der Waals surface area contributed by atoms with Gasteiger partial charge >= 0.3 is 12.1 Å². The molecular weight excluding hydrogens is 226 g/mol. The van der Waals surface area contributed by atoms with Crippen molar-refractivity contribution in [1.29, 1.82) is 0 Å². The Hall–Kier alpha value is -0.460. The van der Waals surface area contributed by atoms with Gasteiger partial charge in [0, 0.05) is 0 Å². The zero-order valence-corrected chi connectivity index (χ0v) is 7.99. The first kappa shape index (κ1) is 14.5. The molecule has 15 heavy (non-hydrogen) atoms. The van der Waals surface area contributed by atoms with E-state index >= 15 is 0 Å². The lowest BCUT2D eigenvalue weighted by molar-refractivity contribution is -0.268. The fourth-order valence-electron chi connectivity index (χ4n) is 0.977. The summed E-state index contributed by atoms with van der Waals surface area (Å²) in [5.41, 5.74) is 0. The summed E-state index contributed by atoms with van der Waals surface area (Å²) in [6.07, 6.45) is -12.6. The van der Waals surface area contributed by atoms with Crippen molar-refractivity contribution in [2.24, 2.45) is 0 Å². The molecule has 0 fully saturated rings. The minimum atomic E-state index is -5.66. The van der Waals surface area contributed by atoms with Crippen LogP contribution in [0.5, 0.6) is 0 Å². The average molecular weight is 238 g/mol. The van der Waals surface area contributed by atoms with Crippen molar-refractivity contribution >= 4 is 0 Å². The molecule has 0 amide bonds. The molecule has 0 radical (unpaired) electrons. The van der Waals surface area contributed by atoms with Crippen LogP contribution < -0.4 is 0 Å². The second-order valence-electron chi connectivity index (χ2n) is 3.24. The third kappa shape index (κ3) is 3.89. The molecule has 0 saturated heterocycles. The first-order valence-electron chi connectivity index (χ1n) is 4.40. The van der Waals surface area contributed by atoms with E-state index in [1.165, 1.54) is 0 Å². The van der Waals surface area contributed by atoms with Gasteiger partial charge in [-0.3, -0.25) is 0 Å². The highest BCUT2D eigenvalue weighted by atomic mass is 19.4. The van der Waals surface area contributed by atoms with Crippen molar-refractivity contribution in [1.82, 2.24) is 0 Å². The van der Waals surface area contributed by atoms with Gasteiger partial charge in [-0.2, -0.15) is 13.2 Å². The summed E-state index contributed by atoms with van der Waals surface area (Å²) in [4.78, 5) is 0. The van der Waals surface area contributed by atoms with Crippen LogP contribution in [0.2, 0.25) is 0 Å². The molecule has 0 aromatic carbocycles. The number of unbranched alkanes of at least 4 members (excludes halogenated alkanes) is 1. The third-order valence-electron chi connectivity index (χ3n) is 1.90. The van der Waals surface area contributed by atoms with Crippen LogP contribution in [0.3, 0.4) is 0 Å². The minimum Gasteiger partial charge on any atom is -0.387 e. The van der Waals surface area contributed by atoms with Crippen molar-refractivity contribution in [3.63, 3.8) is 0 Å². The smallest absolute Gasteiger partial charge is 0.387 e. The normalized spacial score (nSPS) is 17.6. The number of aliphatic hydroxyl groups is 1. The lowest BCUT2D eigenvalue weighted by Crippen LogP contribution is -2.49. The maximum atomic E-state index is 12.7. The van der Waals surface area contributed by atoms with Crippen LogP contribution in [0.25, 0.3) is 0 Å². The van der Waals surface area contributed by atoms with Crippen LogP contribution in [0.15, 0.2) is 0 Å². The van der Waals surface area contributed by atoms with Gasteiger partial charge in [0.25, 0.3) is 6.17 Å². The molecule has 0 bridgehead atoms. The monoisotopic (exact) mass is 238 g/mol. The molecule has 92 valence electrons. The van der Waals surface area contributed by atoms with Gasteiger partial charge in [-0.05, 0) is 6.42 Å². The van der Waals surface area contributed by atoms with Gasteiger partial charge in [0.15, 0.2) is 0 Å². The Morgan fingerprint density at radius 2 is 1.60 bits per heavy atom. The summed E-state index contributed by atoms with van der Waals surface area (Å²) in [5, 5.41) is 8.75. The lowest BCUT2D eigenvalue weighted by atomic mass is 10.0. The Labute approximate surface area is 83.1 Å². The molecule has 1 N–H and O–H groups in total. The van der Waals surface area contributed by atoms with Crippen LogP contribution in [-0.2, 0) is 0 Å². The SMILES string of the molecule is CCCCC(O)C(F)(F)C(F)C(F)(F)F. The second kappa shape index (κ2) is 5.05. The molecular formula is C8H12F6O. The summed E-state index contributed by atoms with van der Waals surface area (Å²) < 4.78 is 72.7. The highest BCUT2D eigenvalue weighted by Gasteiger charge is 2.59. The summed E-state index contributed by atoms with van der Waals surface area (Å²) in [7, 11) is 0. The van der Waals surface area contributed by atoms with Gasteiger partial charge in [-0.15, -0.1) is 0 Å². The Morgan fingerprint density at radius 1 is 1.13 bits per heavy atom. The summed E-state index contributed by atoms with van der Waals surface area (Å²) in [6, 6.07) is 0. The molecule has 0 spiro atoms. The standard InChI is InChI=1S/C8H12F6O/c1-2-3-4-5(15)7(10,11)6(9)8(12,13)14/h5-6,15H,2-4H2,1H3. The van der Waals surface area contributed by atoms with Gasteiger partial charge in [0.1, 0.15) is 6.10 Å². The molecule has 7 heteroatoms. The van der Waals surface area contributed by atoms with Gasteiger partial charge in [-0.25, -0.2) is 13.2 Å². The maximum absolute atomic E-state index is 12.7. The largest absolute Gasteiger partial charge is 0.425 e. The van der Waals surface area contributed by atoms with Crippen molar-refractivity contribution in [2.75, 3.05) is 0 Å². The maximum Gasteiger partial charge on any atom is 0.425 e. The molecule has 1 nitrogen and oxygen atoms in total. The van der Waals surface area contributed by atoms with Crippen LogP contribution >= 0.6 is 0 Å². The number of alkyl halides is 6. The van der Waals surface area contributed by atoms with E-state index in [1.807, 2.05) is 0 Å². The number of hydrogen-bond acceptors (Lipinski definition) is 1. The topological polar surface area (TPSA) is 20.2 Å². The van der Waals surface area contributed by atoms with Crippen molar-refractivity contribution in [3.05, 3.63) is 0 Å². The van der Waals surface area contributed by atoms with Crippen LogP contribution in [-0.4, -0.2) is 29.5 Å². The van der Waals surface area contributed by atoms with Gasteiger partial charge in [-0.1, -0.05) is 19.8 Å². The van der Waals surface area contributed by atoms with E-state index in [9.17, 15) is 26.3 Å². The van der Waals surface area contributed by atoms with E-state index < -0.39 is 30.8 Å². The van der Waals surface area contributed by atoms with Crippen molar-refractivity contribution < 1.29 is 31.4 Å². The number of hydrogen-bond donors (Lipinski definition) is 1. The van der Waals surface area contributed by atoms with E-state index in [1.54, 1.807) is 6.92 Å². The molecule has 0 aliphatic carbocycles. The van der Waals surface area contributed by atoms with Gasteiger partial charge < -0.3 is 5.11 Å². The highest BCUT2D eigenvalue weighted by Crippen LogP contribution is 2.38. The number of halogens is 6. The molecule has 0 heterocycles. The fourth-order valence-corrected chi connectivity index (χ4v) is 0.977. The quantitative estimate of drug-likeness (QED) is 0.730. The Bertz CT molecular complexity index is 190. The zero-order valence-electron chi connectivity index (χ0n) is 7.99. The van der Waals surface area contributed by atoms with Crippen molar-refractivity contribution in [2.45, 2.75) is 50.6 Å². The number of rotatable bonds is 5. The first-order valence-corrected chi connectivity index (χ1v) is 4.40. The Kier molecular flexibility index (Phi) is 4.89. The van der Waals surface area contributed by atoms with Crippen molar-refractivity contribution in [3.8, 4) is 0 Å². The molecule has 0 rings (SSSR count). The summed E-state index contributed by atoms with van der Waals surface area (Å²) in [5.74, 6) is -4.78. The average Bonchev–Trinajstić information content (AvgIpc) is 2.11. The second-order valence-corrected chi connectivity index (χ2v) is 3.24. The minimum absolute atomic E-state index is 0.112. The molecule has 0 saturated carbocycles. The molecule has 0 aromatic heterocycles. The molecule has 2 unspecified atom stereocenters. The van der Waals surface area contributed by atoms with Gasteiger partial charge in [0.2, 0.25) is 0 Å². The summed E-state index contributed by atoms with van der Waals surface area (Å²) >= 11 is 0. The van der Waals surface area contributed by atoms with E-state index in [4.69, 9.17) is 5.11 Å². The predicted molar refractivity (Wildman–Crippen MR) is 41.4 cm³/mol. The lowest BCUT2D eigenvalue weighted by Gasteiger charge is -2.26.